The molecule has 0 bridgehead atoms. The van der Waals surface area contributed by atoms with Crippen LogP contribution >= 0.6 is 11.6 Å². The van der Waals surface area contributed by atoms with Gasteiger partial charge in [-0.15, -0.1) is 5.10 Å². The number of carbonyl (C=O) groups is 1. The van der Waals surface area contributed by atoms with Gasteiger partial charge in [0.1, 0.15) is 5.82 Å². The lowest BCUT2D eigenvalue weighted by molar-refractivity contribution is 0.0947. The Bertz CT molecular complexity index is 1110. The number of nitrogens with zero attached hydrogens (tertiary/aromatic N) is 3. The first-order valence-electron chi connectivity index (χ1n) is 8.40. The van der Waals surface area contributed by atoms with Crippen LogP contribution in [-0.2, 0) is 6.54 Å². The lowest BCUT2D eigenvalue weighted by Gasteiger charge is -2.07. The molecule has 1 N–H and O–H groups in total. The predicted octanol–water partition coefficient (Wildman–Crippen LogP) is 4.63. The first kappa shape index (κ1) is 17.9. The third-order valence-electron chi connectivity index (χ3n) is 3.98. The second kappa shape index (κ2) is 7.66. The number of furan rings is 1. The van der Waals surface area contributed by atoms with Crippen molar-refractivity contribution < 1.29 is 13.6 Å². The monoisotopic (exact) mass is 396 g/mol. The standard InChI is InChI=1S/C20H14ClFN4O2/c21-15-4-1-3-14(11-15)19(27)26-20(23-12-13-6-8-16(22)9-7-13)24-18(25-26)17-5-2-10-28-17/h1-11H,12H2,(H,23,24,25). The molecule has 0 amide bonds. The summed E-state index contributed by atoms with van der Waals surface area (Å²) in [7, 11) is 0. The molecule has 0 unspecified atom stereocenters. The number of halogens is 2. The van der Waals surface area contributed by atoms with Crippen LogP contribution in [0.25, 0.3) is 11.6 Å². The molecule has 0 aliphatic heterocycles. The zero-order valence-electron chi connectivity index (χ0n) is 14.5. The SMILES string of the molecule is O=C(c1cccc(Cl)c1)n1nc(-c2ccco2)nc1NCc1ccc(F)cc1. The van der Waals surface area contributed by atoms with E-state index in [4.69, 9.17) is 16.0 Å². The highest BCUT2D eigenvalue weighted by atomic mass is 35.5. The molecule has 2 aromatic carbocycles. The van der Waals surface area contributed by atoms with Crippen LogP contribution in [0.5, 0.6) is 0 Å². The van der Waals surface area contributed by atoms with Crippen LogP contribution in [0.2, 0.25) is 5.02 Å². The van der Waals surface area contributed by atoms with E-state index in [2.05, 4.69) is 15.4 Å². The molecule has 0 atom stereocenters. The summed E-state index contributed by atoms with van der Waals surface area (Å²) >= 11 is 6.00. The average molecular weight is 397 g/mol. The quantitative estimate of drug-likeness (QED) is 0.532. The molecule has 0 saturated heterocycles. The number of aromatic nitrogens is 3. The van der Waals surface area contributed by atoms with E-state index in [1.165, 1.54) is 18.4 Å². The van der Waals surface area contributed by atoms with Crippen LogP contribution in [0, 0.1) is 5.82 Å². The largest absolute Gasteiger partial charge is 0.461 e. The minimum atomic E-state index is -0.394. The molecule has 0 aliphatic rings. The summed E-state index contributed by atoms with van der Waals surface area (Å²) in [6.45, 7) is 0.333. The molecule has 140 valence electrons. The highest BCUT2D eigenvalue weighted by Crippen LogP contribution is 2.21. The number of carbonyl (C=O) groups excluding carboxylic acids is 1. The van der Waals surface area contributed by atoms with Gasteiger partial charge in [0, 0.05) is 17.1 Å². The van der Waals surface area contributed by atoms with Gasteiger partial charge in [0.15, 0.2) is 5.76 Å². The smallest absolute Gasteiger partial charge is 0.281 e. The van der Waals surface area contributed by atoms with Crippen LogP contribution in [0.3, 0.4) is 0 Å². The van der Waals surface area contributed by atoms with Gasteiger partial charge in [-0.25, -0.2) is 4.39 Å². The normalized spacial score (nSPS) is 10.8. The number of hydrogen-bond acceptors (Lipinski definition) is 5. The second-order valence-corrected chi connectivity index (χ2v) is 6.38. The van der Waals surface area contributed by atoms with Crippen molar-refractivity contribution in [2.24, 2.45) is 0 Å². The van der Waals surface area contributed by atoms with Crippen LogP contribution < -0.4 is 5.32 Å². The fourth-order valence-electron chi connectivity index (χ4n) is 2.61. The third kappa shape index (κ3) is 3.79. The Balaban J connectivity index is 1.67. The molecule has 0 radical (unpaired) electrons. The molecule has 0 spiro atoms. The second-order valence-electron chi connectivity index (χ2n) is 5.94. The van der Waals surface area contributed by atoms with Crippen LogP contribution in [0.4, 0.5) is 10.3 Å². The Kier molecular flexibility index (Phi) is 4.90. The summed E-state index contributed by atoms with van der Waals surface area (Å²) in [6, 6.07) is 16.0. The molecule has 4 rings (SSSR count). The van der Waals surface area contributed by atoms with E-state index >= 15 is 0 Å². The Labute approximate surface area is 164 Å². The van der Waals surface area contributed by atoms with Gasteiger partial charge in [-0.1, -0.05) is 29.8 Å². The maximum Gasteiger partial charge on any atom is 0.281 e. The first-order chi connectivity index (χ1) is 13.6. The van der Waals surface area contributed by atoms with Crippen LogP contribution in [-0.4, -0.2) is 20.7 Å². The first-order valence-corrected chi connectivity index (χ1v) is 8.77. The van der Waals surface area contributed by atoms with Crippen molar-refractivity contribution >= 4 is 23.5 Å². The summed E-state index contributed by atoms with van der Waals surface area (Å²) in [5.74, 6) is 0.225. The summed E-state index contributed by atoms with van der Waals surface area (Å²) in [5, 5.41) is 7.79. The van der Waals surface area contributed by atoms with Gasteiger partial charge in [-0.05, 0) is 48.0 Å². The molecule has 2 aromatic heterocycles. The summed E-state index contributed by atoms with van der Waals surface area (Å²) in [5.41, 5.74) is 1.19. The maximum atomic E-state index is 13.1. The summed E-state index contributed by atoms with van der Waals surface area (Å²) in [4.78, 5) is 17.3. The number of benzene rings is 2. The Morgan fingerprint density at radius 2 is 1.96 bits per heavy atom. The highest BCUT2D eigenvalue weighted by molar-refractivity contribution is 6.31. The topological polar surface area (TPSA) is 73.0 Å². The molecule has 0 aliphatic carbocycles. The molecule has 0 saturated carbocycles. The highest BCUT2D eigenvalue weighted by Gasteiger charge is 2.20. The average Bonchev–Trinajstić information content (AvgIpc) is 3.37. The van der Waals surface area contributed by atoms with Crippen LogP contribution in [0.15, 0.2) is 71.3 Å². The van der Waals surface area contributed by atoms with E-state index in [1.807, 2.05) is 0 Å². The summed E-state index contributed by atoms with van der Waals surface area (Å²) in [6.07, 6.45) is 1.50. The maximum absolute atomic E-state index is 13.1. The van der Waals surface area contributed by atoms with Gasteiger partial charge < -0.3 is 9.73 Å². The predicted molar refractivity (Wildman–Crippen MR) is 103 cm³/mol. The van der Waals surface area contributed by atoms with Crippen molar-refractivity contribution in [3.63, 3.8) is 0 Å². The van der Waals surface area contributed by atoms with Crippen molar-refractivity contribution in [2.75, 3.05) is 5.32 Å². The number of anilines is 1. The molecular weight excluding hydrogens is 383 g/mol. The van der Waals surface area contributed by atoms with Crippen molar-refractivity contribution in [1.82, 2.24) is 14.8 Å². The summed E-state index contributed by atoms with van der Waals surface area (Å²) < 4.78 is 19.6. The zero-order chi connectivity index (χ0) is 19.5. The van der Waals surface area contributed by atoms with Gasteiger partial charge in [0.2, 0.25) is 11.8 Å². The minimum absolute atomic E-state index is 0.237. The van der Waals surface area contributed by atoms with Crippen LogP contribution in [0.1, 0.15) is 15.9 Å². The van der Waals surface area contributed by atoms with Gasteiger partial charge >= 0.3 is 0 Å². The Morgan fingerprint density at radius 3 is 2.68 bits per heavy atom. The fourth-order valence-corrected chi connectivity index (χ4v) is 2.80. The van der Waals surface area contributed by atoms with Crippen molar-refractivity contribution in [1.29, 1.82) is 0 Å². The molecule has 4 aromatic rings. The molecular formula is C20H14ClFN4O2. The van der Waals surface area contributed by atoms with E-state index in [9.17, 15) is 9.18 Å². The number of rotatable bonds is 5. The van der Waals surface area contributed by atoms with Crippen molar-refractivity contribution in [3.8, 4) is 11.6 Å². The fraction of sp³-hybridized carbons (Fsp3) is 0.0500. The van der Waals surface area contributed by atoms with E-state index in [0.717, 1.165) is 10.2 Å². The van der Waals surface area contributed by atoms with E-state index in [-0.39, 0.29) is 17.6 Å². The molecule has 8 heteroatoms. The number of nitrogens with one attached hydrogen (secondary N) is 1. The van der Waals surface area contributed by atoms with E-state index < -0.39 is 5.91 Å². The molecule has 0 fully saturated rings. The van der Waals surface area contributed by atoms with Gasteiger partial charge in [-0.2, -0.15) is 9.67 Å². The van der Waals surface area contributed by atoms with Crippen molar-refractivity contribution in [3.05, 3.63) is 88.9 Å². The third-order valence-corrected chi connectivity index (χ3v) is 4.21. The van der Waals surface area contributed by atoms with E-state index in [1.54, 1.807) is 48.5 Å². The minimum Gasteiger partial charge on any atom is -0.461 e. The Hall–Kier alpha value is -3.45. The van der Waals surface area contributed by atoms with E-state index in [0.29, 0.717) is 22.9 Å². The van der Waals surface area contributed by atoms with Gasteiger partial charge in [0.25, 0.3) is 5.91 Å². The lowest BCUT2D eigenvalue weighted by atomic mass is 10.2. The molecule has 28 heavy (non-hydrogen) atoms. The number of hydrogen-bond donors (Lipinski definition) is 1. The van der Waals surface area contributed by atoms with Gasteiger partial charge in [0.05, 0.1) is 6.26 Å². The Morgan fingerprint density at radius 1 is 1.14 bits per heavy atom. The lowest BCUT2D eigenvalue weighted by Crippen LogP contribution is -2.17. The zero-order valence-corrected chi connectivity index (χ0v) is 15.2. The molecule has 6 nitrogen and oxygen atoms in total. The molecule has 2 heterocycles. The van der Waals surface area contributed by atoms with Gasteiger partial charge in [-0.3, -0.25) is 4.79 Å². The van der Waals surface area contributed by atoms with Crippen molar-refractivity contribution in [2.45, 2.75) is 6.54 Å².